The van der Waals surface area contributed by atoms with Gasteiger partial charge in [0.15, 0.2) is 0 Å². The van der Waals surface area contributed by atoms with Crippen LogP contribution in [0.5, 0.6) is 0 Å². The summed E-state index contributed by atoms with van der Waals surface area (Å²) in [4.78, 5) is 39.6. The van der Waals surface area contributed by atoms with E-state index in [-0.39, 0.29) is 41.7 Å². The Hall–Kier alpha value is -2.62. The molecule has 10 heteroatoms. The van der Waals surface area contributed by atoms with Crippen LogP contribution in [0.1, 0.15) is 58.4 Å². The second-order valence-corrected chi connectivity index (χ2v) is 12.1. The number of carbonyl (C=O) groups is 3. The molecule has 1 aliphatic heterocycles. The minimum atomic E-state index is -5.11. The van der Waals surface area contributed by atoms with Crippen LogP contribution in [0.2, 0.25) is 0 Å². The van der Waals surface area contributed by atoms with E-state index in [1.54, 1.807) is 35.6 Å². The Morgan fingerprint density at radius 3 is 2.45 bits per heavy atom. The number of likely N-dealkylation sites (tertiary alicyclic amines) is 1. The summed E-state index contributed by atoms with van der Waals surface area (Å²) in [5.74, 6) is -2.92. The first-order valence-electron chi connectivity index (χ1n) is 13.4. The number of amides is 2. The Labute approximate surface area is 220 Å². The lowest BCUT2D eigenvalue weighted by Gasteiger charge is -2.46. The number of aliphatic hydroxyl groups excluding tert-OH is 1. The number of hydrogen-bond acceptors (Lipinski definition) is 5. The molecule has 1 saturated heterocycles. The minimum absolute atomic E-state index is 0.0174. The van der Waals surface area contributed by atoms with E-state index in [9.17, 15) is 32.7 Å². The Bertz CT molecular complexity index is 1130. The second kappa shape index (κ2) is 8.96. The predicted octanol–water partition coefficient (Wildman–Crippen LogP) is 3.39. The van der Waals surface area contributed by atoms with Crippen LogP contribution in [0.3, 0.4) is 0 Å². The molecule has 1 aromatic rings. The average molecular weight is 537 g/mol. The topological polar surface area (TPSA) is 95.9 Å². The van der Waals surface area contributed by atoms with E-state index in [0.29, 0.717) is 17.9 Å². The fourth-order valence-electron chi connectivity index (χ4n) is 8.30. The molecular formula is C28H35F3N2O5. The van der Waals surface area contributed by atoms with Crippen LogP contribution >= 0.6 is 0 Å². The number of hydrogen-bond donors (Lipinski definition) is 2. The first-order valence-corrected chi connectivity index (χ1v) is 13.4. The molecule has 208 valence electrons. The number of halogens is 3. The first-order chi connectivity index (χ1) is 17.8. The fourth-order valence-corrected chi connectivity index (χ4v) is 8.30. The number of esters is 1. The van der Waals surface area contributed by atoms with Gasteiger partial charge in [-0.15, -0.1) is 0 Å². The van der Waals surface area contributed by atoms with Crippen LogP contribution in [0.25, 0.3) is 0 Å². The molecule has 7 atom stereocenters. The van der Waals surface area contributed by atoms with Crippen molar-refractivity contribution in [1.82, 2.24) is 10.2 Å². The zero-order chi connectivity index (χ0) is 27.7. The number of aliphatic hydroxyl groups is 1. The molecule has 4 aliphatic rings. The molecule has 5 rings (SSSR count). The summed E-state index contributed by atoms with van der Waals surface area (Å²) >= 11 is 0. The molecule has 7 nitrogen and oxygen atoms in total. The maximum Gasteiger partial charge on any atom is 0.417 e. The molecule has 3 saturated carbocycles. The van der Waals surface area contributed by atoms with Crippen molar-refractivity contribution in [2.75, 3.05) is 6.54 Å². The number of alkyl halides is 3. The van der Waals surface area contributed by atoms with E-state index in [4.69, 9.17) is 4.74 Å². The Morgan fingerprint density at radius 1 is 1.16 bits per heavy atom. The number of ether oxygens (including phenoxy) is 1. The van der Waals surface area contributed by atoms with E-state index in [1.165, 1.54) is 0 Å². The maximum atomic E-state index is 13.9. The summed E-state index contributed by atoms with van der Waals surface area (Å²) in [5.41, 5.74) is 0.553. The molecule has 0 bridgehead atoms. The van der Waals surface area contributed by atoms with Gasteiger partial charge in [0.2, 0.25) is 11.9 Å². The van der Waals surface area contributed by atoms with Crippen molar-refractivity contribution in [3.63, 3.8) is 0 Å². The highest BCUT2D eigenvalue weighted by molar-refractivity contribution is 5.92. The van der Waals surface area contributed by atoms with Crippen LogP contribution in [-0.4, -0.2) is 64.8 Å². The fraction of sp³-hybridized carbons (Fsp3) is 0.679. The van der Waals surface area contributed by atoms with Gasteiger partial charge >= 0.3 is 12.1 Å². The number of rotatable bonds is 7. The molecule has 1 aromatic carbocycles. The van der Waals surface area contributed by atoms with Crippen molar-refractivity contribution in [3.8, 4) is 0 Å². The minimum Gasteiger partial charge on any atom is -0.460 e. The standard InChI is InChI=1S/C28H35F3N2O5/c1-25(2)26(3)12-11-17-15-20(27(17,25)26)38-24(37)18-10-7-13-33(18)23(36)21(28(29,30)31)32-22(35)19(34)14-16-8-5-4-6-9-16/h4-6,8-9,17-21,34H,7,10-15H2,1-3H3,(H,32,35). The van der Waals surface area contributed by atoms with Gasteiger partial charge in [-0.05, 0) is 54.4 Å². The third-order valence-corrected chi connectivity index (χ3v) is 10.4. The van der Waals surface area contributed by atoms with E-state index in [1.807, 2.05) is 0 Å². The average Bonchev–Trinajstić information content (AvgIpc) is 3.20. The molecule has 2 N–H and O–H groups in total. The number of nitrogens with one attached hydrogen (secondary N) is 1. The number of nitrogens with zero attached hydrogens (tertiary/aromatic N) is 1. The van der Waals surface area contributed by atoms with Gasteiger partial charge in [0.25, 0.3) is 5.91 Å². The van der Waals surface area contributed by atoms with Crippen molar-refractivity contribution in [2.24, 2.45) is 22.2 Å². The molecule has 2 amide bonds. The molecule has 1 spiro atoms. The van der Waals surface area contributed by atoms with Gasteiger partial charge in [-0.25, -0.2) is 4.79 Å². The van der Waals surface area contributed by atoms with Gasteiger partial charge in [-0.2, -0.15) is 13.2 Å². The third-order valence-electron chi connectivity index (χ3n) is 10.4. The largest absolute Gasteiger partial charge is 0.460 e. The highest BCUT2D eigenvalue weighted by Crippen LogP contribution is 2.93. The highest BCUT2D eigenvalue weighted by atomic mass is 19.4. The van der Waals surface area contributed by atoms with Crippen molar-refractivity contribution in [3.05, 3.63) is 35.9 Å². The van der Waals surface area contributed by atoms with Gasteiger partial charge in [0, 0.05) is 18.4 Å². The van der Waals surface area contributed by atoms with E-state index in [0.717, 1.165) is 24.2 Å². The summed E-state index contributed by atoms with van der Waals surface area (Å²) in [6.45, 7) is 6.55. The Balaban J connectivity index is 1.25. The van der Waals surface area contributed by atoms with Gasteiger partial charge in [-0.3, -0.25) is 9.59 Å². The molecule has 1 heterocycles. The molecular weight excluding hydrogens is 501 g/mol. The summed E-state index contributed by atoms with van der Waals surface area (Å²) in [7, 11) is 0. The lowest BCUT2D eigenvalue weighted by atomic mass is 9.64. The van der Waals surface area contributed by atoms with Crippen molar-refractivity contribution >= 4 is 17.8 Å². The van der Waals surface area contributed by atoms with Gasteiger partial charge in [0.05, 0.1) is 0 Å². The van der Waals surface area contributed by atoms with Gasteiger partial charge in [0.1, 0.15) is 18.2 Å². The molecule has 7 unspecified atom stereocenters. The van der Waals surface area contributed by atoms with Crippen molar-refractivity contribution < 1.29 is 37.4 Å². The van der Waals surface area contributed by atoms with Crippen LogP contribution in [0, 0.1) is 22.2 Å². The third kappa shape index (κ3) is 3.77. The number of carbonyl (C=O) groups excluding carboxylic acids is 3. The van der Waals surface area contributed by atoms with E-state index in [2.05, 4.69) is 20.8 Å². The zero-order valence-corrected chi connectivity index (χ0v) is 21.9. The Kier molecular flexibility index (Phi) is 6.36. The normalized spacial score (nSPS) is 34.4. The van der Waals surface area contributed by atoms with Crippen LogP contribution in [0.15, 0.2) is 30.3 Å². The highest BCUT2D eigenvalue weighted by Gasteiger charge is 2.91. The molecule has 3 aliphatic carbocycles. The van der Waals surface area contributed by atoms with Gasteiger partial charge in [-0.1, -0.05) is 51.1 Å². The summed E-state index contributed by atoms with van der Waals surface area (Å²) in [5, 5.41) is 11.9. The van der Waals surface area contributed by atoms with Gasteiger partial charge < -0.3 is 20.1 Å². The summed E-state index contributed by atoms with van der Waals surface area (Å²) < 4.78 is 47.8. The lowest BCUT2D eigenvalue weighted by molar-refractivity contribution is -0.186. The molecule has 0 radical (unpaired) electrons. The summed E-state index contributed by atoms with van der Waals surface area (Å²) in [6, 6.07) is 4.33. The quantitative estimate of drug-likeness (QED) is 0.521. The predicted molar refractivity (Wildman–Crippen MR) is 130 cm³/mol. The first kappa shape index (κ1) is 27.0. The molecule has 0 aromatic heterocycles. The lowest BCUT2D eigenvalue weighted by Crippen LogP contribution is -2.59. The zero-order valence-electron chi connectivity index (χ0n) is 21.9. The number of benzene rings is 1. The second-order valence-electron chi connectivity index (χ2n) is 12.1. The van der Waals surface area contributed by atoms with E-state index < -0.39 is 42.1 Å². The van der Waals surface area contributed by atoms with Crippen molar-refractivity contribution in [1.29, 1.82) is 0 Å². The SMILES string of the molecule is CC1(C)C2(C)CCC3CC(OC(=O)C4CCCN4C(=O)C(NC(=O)C(O)Cc4ccccc4)C(F)(F)F)C312. The van der Waals surface area contributed by atoms with E-state index >= 15 is 0 Å². The van der Waals surface area contributed by atoms with Crippen LogP contribution in [-0.2, 0) is 25.5 Å². The van der Waals surface area contributed by atoms with Crippen molar-refractivity contribution in [2.45, 2.75) is 89.8 Å². The van der Waals surface area contributed by atoms with Crippen LogP contribution in [0.4, 0.5) is 13.2 Å². The molecule has 38 heavy (non-hydrogen) atoms. The Morgan fingerprint density at radius 2 is 1.84 bits per heavy atom. The summed E-state index contributed by atoms with van der Waals surface area (Å²) in [6.07, 6.45) is -3.95. The smallest absolute Gasteiger partial charge is 0.417 e. The maximum absolute atomic E-state index is 13.9. The molecule has 4 fully saturated rings. The van der Waals surface area contributed by atoms with Crippen LogP contribution < -0.4 is 5.32 Å². The monoisotopic (exact) mass is 536 g/mol.